The summed E-state index contributed by atoms with van der Waals surface area (Å²) >= 11 is 0. The van der Waals surface area contributed by atoms with Crippen molar-refractivity contribution in [2.24, 2.45) is 11.8 Å². The van der Waals surface area contributed by atoms with Gasteiger partial charge in [0.2, 0.25) is 16.0 Å². The van der Waals surface area contributed by atoms with Crippen LogP contribution in [0.4, 0.5) is 5.95 Å². The highest BCUT2D eigenvalue weighted by molar-refractivity contribution is 7.89. The van der Waals surface area contributed by atoms with Crippen LogP contribution in [0.3, 0.4) is 0 Å². The highest BCUT2D eigenvalue weighted by Gasteiger charge is 2.47. The minimum Gasteiger partial charge on any atom is -0.376 e. The van der Waals surface area contributed by atoms with Crippen LogP contribution in [0.25, 0.3) is 0 Å². The van der Waals surface area contributed by atoms with Crippen molar-refractivity contribution < 1.29 is 13.2 Å². The maximum absolute atomic E-state index is 12.8. The van der Waals surface area contributed by atoms with Crippen molar-refractivity contribution in [3.8, 4) is 0 Å². The second-order valence-corrected chi connectivity index (χ2v) is 8.32. The van der Waals surface area contributed by atoms with Crippen LogP contribution in [0.1, 0.15) is 0 Å². The Bertz CT molecular complexity index is 816. The number of rotatable bonds is 5. The van der Waals surface area contributed by atoms with Crippen molar-refractivity contribution in [3.05, 3.63) is 48.8 Å². The van der Waals surface area contributed by atoms with Gasteiger partial charge in [0, 0.05) is 43.9 Å². The second kappa shape index (κ2) is 6.70. The number of hydrogen-bond donors (Lipinski definition) is 1. The molecule has 0 aliphatic carbocycles. The lowest BCUT2D eigenvalue weighted by Gasteiger charge is -2.20. The highest BCUT2D eigenvalue weighted by Crippen LogP contribution is 2.36. The molecule has 2 saturated heterocycles. The number of nitrogens with one attached hydrogen (secondary N) is 1. The maximum Gasteiger partial charge on any atom is 0.243 e. The predicted octanol–water partition coefficient (Wildman–Crippen LogP) is 1.22. The normalized spacial score (nSPS) is 26.5. The van der Waals surface area contributed by atoms with E-state index in [1.54, 1.807) is 47.0 Å². The number of ether oxygens (including phenoxy) is 1. The number of aromatic nitrogens is 2. The van der Waals surface area contributed by atoms with E-state index >= 15 is 0 Å². The first-order chi connectivity index (χ1) is 12.1. The van der Waals surface area contributed by atoms with Crippen LogP contribution in [-0.4, -0.2) is 55.0 Å². The summed E-state index contributed by atoms with van der Waals surface area (Å²) in [5.74, 6) is 1.01. The average Bonchev–Trinajstić information content (AvgIpc) is 3.23. The molecule has 1 aromatic heterocycles. The first-order valence-corrected chi connectivity index (χ1v) is 9.76. The molecule has 132 valence electrons. The fraction of sp³-hybridized carbons (Fsp3) is 0.412. The van der Waals surface area contributed by atoms with Crippen LogP contribution in [-0.2, 0) is 14.8 Å². The molecule has 1 N–H and O–H groups in total. The number of benzene rings is 1. The third-order valence-electron chi connectivity index (χ3n) is 4.87. The van der Waals surface area contributed by atoms with Crippen LogP contribution >= 0.6 is 0 Å². The van der Waals surface area contributed by atoms with Gasteiger partial charge < -0.3 is 10.1 Å². The van der Waals surface area contributed by atoms with Gasteiger partial charge in [-0.3, -0.25) is 0 Å². The van der Waals surface area contributed by atoms with E-state index in [0.29, 0.717) is 37.1 Å². The van der Waals surface area contributed by atoms with Crippen LogP contribution in [0.15, 0.2) is 53.7 Å². The molecule has 0 radical (unpaired) electrons. The van der Waals surface area contributed by atoms with E-state index < -0.39 is 10.0 Å². The fourth-order valence-corrected chi connectivity index (χ4v) is 5.03. The minimum atomic E-state index is -3.46. The van der Waals surface area contributed by atoms with Crippen LogP contribution in [0.5, 0.6) is 0 Å². The van der Waals surface area contributed by atoms with Gasteiger partial charge in [-0.15, -0.1) is 0 Å². The summed E-state index contributed by atoms with van der Waals surface area (Å²) in [6.07, 6.45) is 3.34. The zero-order valence-electron chi connectivity index (χ0n) is 13.7. The molecule has 7 nitrogen and oxygen atoms in total. The highest BCUT2D eigenvalue weighted by atomic mass is 32.2. The Balaban J connectivity index is 1.43. The quantitative estimate of drug-likeness (QED) is 0.863. The molecule has 0 unspecified atom stereocenters. The zero-order valence-corrected chi connectivity index (χ0v) is 14.5. The van der Waals surface area contributed by atoms with Gasteiger partial charge >= 0.3 is 0 Å². The first-order valence-electron chi connectivity index (χ1n) is 8.32. The predicted molar refractivity (Wildman–Crippen MR) is 92.4 cm³/mol. The lowest BCUT2D eigenvalue weighted by molar-refractivity contribution is 0.104. The van der Waals surface area contributed by atoms with Gasteiger partial charge in [-0.25, -0.2) is 18.4 Å². The summed E-state index contributed by atoms with van der Waals surface area (Å²) < 4.78 is 33.0. The topological polar surface area (TPSA) is 84.4 Å². The molecule has 2 aliphatic rings. The van der Waals surface area contributed by atoms with E-state index in [1.165, 1.54) is 0 Å². The molecule has 4 rings (SSSR count). The van der Waals surface area contributed by atoms with Gasteiger partial charge in [0.15, 0.2) is 0 Å². The Kier molecular flexibility index (Phi) is 4.41. The smallest absolute Gasteiger partial charge is 0.243 e. The molecular formula is C17H20N4O3S. The number of sulfonamides is 1. The monoisotopic (exact) mass is 360 g/mol. The van der Waals surface area contributed by atoms with Crippen LogP contribution < -0.4 is 5.32 Å². The van der Waals surface area contributed by atoms with Crippen molar-refractivity contribution in [1.29, 1.82) is 0 Å². The van der Waals surface area contributed by atoms with Gasteiger partial charge in [-0.2, -0.15) is 4.31 Å². The average molecular weight is 360 g/mol. The summed E-state index contributed by atoms with van der Waals surface area (Å²) in [5, 5.41) is 3.21. The van der Waals surface area contributed by atoms with Crippen molar-refractivity contribution in [2.45, 2.75) is 11.0 Å². The van der Waals surface area contributed by atoms with Gasteiger partial charge in [0.05, 0.1) is 17.6 Å². The molecule has 0 spiro atoms. The third kappa shape index (κ3) is 3.24. The summed E-state index contributed by atoms with van der Waals surface area (Å²) in [5.41, 5.74) is 0. The number of anilines is 1. The summed E-state index contributed by atoms with van der Waals surface area (Å²) in [7, 11) is -3.46. The molecular weight excluding hydrogens is 340 g/mol. The Hall–Kier alpha value is -2.03. The molecule has 2 fully saturated rings. The van der Waals surface area contributed by atoms with Crippen LogP contribution in [0.2, 0.25) is 0 Å². The Morgan fingerprint density at radius 3 is 2.64 bits per heavy atom. The van der Waals surface area contributed by atoms with Gasteiger partial charge in [0.1, 0.15) is 0 Å². The largest absolute Gasteiger partial charge is 0.376 e. The standard InChI is InChI=1S/C17H20N4O3S/c22-25(23,14-5-2-1-3-6-14)21-10-15-13(12-24-16(15)11-21)9-20-17-18-7-4-8-19-17/h1-8,13,15-16H,9-12H2,(H,18,19,20)/t13-,15-,16-/m0/s1. The molecule has 3 atom stereocenters. The Labute approximate surface area is 147 Å². The zero-order chi connectivity index (χ0) is 17.3. The van der Waals surface area contributed by atoms with Gasteiger partial charge in [0.25, 0.3) is 0 Å². The molecule has 0 saturated carbocycles. The molecule has 2 aromatic rings. The van der Waals surface area contributed by atoms with Crippen molar-refractivity contribution in [2.75, 3.05) is 31.6 Å². The summed E-state index contributed by atoms with van der Waals surface area (Å²) in [4.78, 5) is 8.63. The maximum atomic E-state index is 12.8. The van der Waals surface area contributed by atoms with Gasteiger partial charge in [-0.1, -0.05) is 18.2 Å². The van der Waals surface area contributed by atoms with Gasteiger partial charge in [-0.05, 0) is 18.2 Å². The Morgan fingerprint density at radius 2 is 1.88 bits per heavy atom. The molecule has 0 amide bonds. The second-order valence-electron chi connectivity index (χ2n) is 6.38. The van der Waals surface area contributed by atoms with Crippen molar-refractivity contribution in [3.63, 3.8) is 0 Å². The van der Waals surface area contributed by atoms with Crippen molar-refractivity contribution >= 4 is 16.0 Å². The molecule has 25 heavy (non-hydrogen) atoms. The van der Waals surface area contributed by atoms with E-state index in [-0.39, 0.29) is 17.9 Å². The lowest BCUT2D eigenvalue weighted by atomic mass is 9.93. The SMILES string of the molecule is O=S(=O)(c1ccccc1)N1C[C@H]2[C@@H](CNc3ncccn3)CO[C@H]2C1. The van der Waals surface area contributed by atoms with E-state index in [9.17, 15) is 8.42 Å². The minimum absolute atomic E-state index is 0.0398. The summed E-state index contributed by atoms with van der Waals surface area (Å²) in [6.45, 7) is 2.21. The van der Waals surface area contributed by atoms with Crippen molar-refractivity contribution in [1.82, 2.24) is 14.3 Å². The lowest BCUT2D eigenvalue weighted by Crippen LogP contribution is -2.32. The molecule has 3 heterocycles. The number of fused-ring (bicyclic) bond motifs is 1. The third-order valence-corrected chi connectivity index (χ3v) is 6.72. The fourth-order valence-electron chi connectivity index (χ4n) is 3.52. The molecule has 0 bridgehead atoms. The number of nitrogens with zero attached hydrogens (tertiary/aromatic N) is 3. The number of hydrogen-bond acceptors (Lipinski definition) is 6. The molecule has 8 heteroatoms. The molecule has 1 aromatic carbocycles. The summed E-state index contributed by atoms with van der Waals surface area (Å²) in [6, 6.07) is 10.3. The Morgan fingerprint density at radius 1 is 1.12 bits per heavy atom. The first kappa shape index (κ1) is 16.4. The molecule has 2 aliphatic heterocycles. The van der Waals surface area contributed by atoms with E-state index in [4.69, 9.17) is 4.74 Å². The van der Waals surface area contributed by atoms with Crippen LogP contribution in [0, 0.1) is 11.8 Å². The van der Waals surface area contributed by atoms with E-state index in [0.717, 1.165) is 0 Å². The van der Waals surface area contributed by atoms with E-state index in [2.05, 4.69) is 15.3 Å². The van der Waals surface area contributed by atoms with E-state index in [1.807, 2.05) is 6.07 Å².